The van der Waals surface area contributed by atoms with Gasteiger partial charge in [0.2, 0.25) is 0 Å². The van der Waals surface area contributed by atoms with Crippen LogP contribution in [0.3, 0.4) is 0 Å². The number of hydrogen-bond donors (Lipinski definition) is 0. The molecule has 1 aromatic carbocycles. The Morgan fingerprint density at radius 3 is 2.90 bits per heavy atom. The van der Waals surface area contributed by atoms with E-state index in [0.29, 0.717) is 5.88 Å². The van der Waals surface area contributed by atoms with Gasteiger partial charge in [0.1, 0.15) is 5.82 Å². The van der Waals surface area contributed by atoms with E-state index in [1.807, 2.05) is 18.2 Å². The van der Waals surface area contributed by atoms with Gasteiger partial charge in [-0.25, -0.2) is 4.98 Å². The van der Waals surface area contributed by atoms with Crippen molar-refractivity contribution in [3.63, 3.8) is 0 Å². The number of aromatic nitrogens is 2. The second-order valence-corrected chi connectivity index (χ2v) is 6.28. The standard InChI is InChI=1S/C15H14Cl2N2S/c1-10(7-11-5-6-20-9-11)19-14(8-16)18-13-4-2-3-12(17)15(13)19/h2-6,9-10H,7-8H2,1H3. The molecule has 0 aliphatic rings. The third kappa shape index (κ3) is 2.46. The first kappa shape index (κ1) is 13.9. The van der Waals surface area contributed by atoms with E-state index in [9.17, 15) is 0 Å². The quantitative estimate of drug-likeness (QED) is 0.596. The predicted octanol–water partition coefficient (Wildman–Crippen LogP) is 5.29. The molecular weight excluding hydrogens is 311 g/mol. The molecule has 0 aliphatic carbocycles. The van der Waals surface area contributed by atoms with Crippen molar-refractivity contribution in [1.29, 1.82) is 0 Å². The van der Waals surface area contributed by atoms with Crippen molar-refractivity contribution in [2.75, 3.05) is 0 Å². The van der Waals surface area contributed by atoms with E-state index in [1.54, 1.807) is 11.3 Å². The van der Waals surface area contributed by atoms with Crippen molar-refractivity contribution in [2.45, 2.75) is 25.3 Å². The van der Waals surface area contributed by atoms with Crippen molar-refractivity contribution in [1.82, 2.24) is 9.55 Å². The molecule has 20 heavy (non-hydrogen) atoms. The van der Waals surface area contributed by atoms with Gasteiger partial charge >= 0.3 is 0 Å². The molecule has 1 unspecified atom stereocenters. The summed E-state index contributed by atoms with van der Waals surface area (Å²) >= 11 is 14.1. The fourth-order valence-corrected chi connectivity index (χ4v) is 3.70. The number of para-hydroxylation sites is 1. The number of benzene rings is 1. The molecule has 2 heterocycles. The van der Waals surface area contributed by atoms with Crippen LogP contribution in [0.5, 0.6) is 0 Å². The monoisotopic (exact) mass is 324 g/mol. The molecule has 0 spiro atoms. The molecule has 104 valence electrons. The van der Waals surface area contributed by atoms with Gasteiger partial charge < -0.3 is 4.57 Å². The Balaban J connectivity index is 2.09. The van der Waals surface area contributed by atoms with Gasteiger partial charge in [-0.15, -0.1) is 11.6 Å². The van der Waals surface area contributed by atoms with Gasteiger partial charge in [-0.3, -0.25) is 0 Å². The second kappa shape index (κ2) is 5.76. The van der Waals surface area contributed by atoms with Crippen LogP contribution in [-0.2, 0) is 12.3 Å². The highest BCUT2D eigenvalue weighted by molar-refractivity contribution is 7.07. The lowest BCUT2D eigenvalue weighted by molar-refractivity contribution is 0.544. The molecule has 0 amide bonds. The minimum atomic E-state index is 0.267. The molecule has 2 nitrogen and oxygen atoms in total. The summed E-state index contributed by atoms with van der Waals surface area (Å²) in [4.78, 5) is 4.59. The molecule has 5 heteroatoms. The fraction of sp³-hybridized carbons (Fsp3) is 0.267. The summed E-state index contributed by atoms with van der Waals surface area (Å²) in [5.41, 5.74) is 3.22. The Bertz CT molecular complexity index is 719. The SMILES string of the molecule is CC(Cc1ccsc1)n1c(CCl)nc2cccc(Cl)c21. The van der Waals surface area contributed by atoms with E-state index < -0.39 is 0 Å². The lowest BCUT2D eigenvalue weighted by atomic mass is 10.1. The van der Waals surface area contributed by atoms with Crippen molar-refractivity contribution in [3.05, 3.63) is 51.4 Å². The van der Waals surface area contributed by atoms with Gasteiger partial charge in [0, 0.05) is 6.04 Å². The number of hydrogen-bond acceptors (Lipinski definition) is 2. The first-order chi connectivity index (χ1) is 9.70. The summed E-state index contributed by atoms with van der Waals surface area (Å²) in [6, 6.07) is 8.22. The molecule has 1 atom stereocenters. The number of fused-ring (bicyclic) bond motifs is 1. The van der Waals surface area contributed by atoms with Crippen LogP contribution >= 0.6 is 34.5 Å². The first-order valence-corrected chi connectivity index (χ1v) is 8.28. The van der Waals surface area contributed by atoms with Gasteiger partial charge in [0.05, 0.1) is 21.9 Å². The van der Waals surface area contributed by atoms with E-state index in [2.05, 4.69) is 33.3 Å². The summed E-state index contributed by atoms with van der Waals surface area (Å²) < 4.78 is 2.17. The molecule has 0 aliphatic heterocycles. The number of rotatable bonds is 4. The Morgan fingerprint density at radius 2 is 2.20 bits per heavy atom. The maximum absolute atomic E-state index is 6.36. The highest BCUT2D eigenvalue weighted by Crippen LogP contribution is 2.30. The van der Waals surface area contributed by atoms with Crippen molar-refractivity contribution in [2.24, 2.45) is 0 Å². The smallest absolute Gasteiger partial charge is 0.125 e. The van der Waals surface area contributed by atoms with Crippen LogP contribution in [0.2, 0.25) is 5.02 Å². The van der Waals surface area contributed by atoms with E-state index >= 15 is 0 Å². The van der Waals surface area contributed by atoms with E-state index in [-0.39, 0.29) is 6.04 Å². The topological polar surface area (TPSA) is 17.8 Å². The Hall–Kier alpha value is -1.03. The van der Waals surface area contributed by atoms with E-state index in [0.717, 1.165) is 28.3 Å². The summed E-state index contributed by atoms with van der Waals surface area (Å²) in [6.45, 7) is 2.18. The molecule has 0 N–H and O–H groups in total. The minimum Gasteiger partial charge on any atom is -0.323 e. The van der Waals surface area contributed by atoms with Gasteiger partial charge in [0.15, 0.2) is 0 Å². The lowest BCUT2D eigenvalue weighted by Gasteiger charge is -2.17. The van der Waals surface area contributed by atoms with Crippen molar-refractivity contribution in [3.8, 4) is 0 Å². The van der Waals surface area contributed by atoms with Crippen LogP contribution in [-0.4, -0.2) is 9.55 Å². The van der Waals surface area contributed by atoms with Crippen LogP contribution in [0, 0.1) is 0 Å². The minimum absolute atomic E-state index is 0.267. The van der Waals surface area contributed by atoms with Crippen molar-refractivity contribution < 1.29 is 0 Å². The summed E-state index contributed by atoms with van der Waals surface area (Å²) in [6.07, 6.45) is 0.948. The molecule has 0 saturated heterocycles. The molecule has 2 aromatic heterocycles. The first-order valence-electron chi connectivity index (χ1n) is 6.43. The van der Waals surface area contributed by atoms with Gasteiger partial charge in [-0.05, 0) is 47.9 Å². The Labute approximate surface area is 132 Å². The number of thiophene rings is 1. The number of imidazole rings is 1. The zero-order valence-corrected chi connectivity index (χ0v) is 13.3. The normalized spacial score (nSPS) is 12.9. The number of halogens is 2. The summed E-state index contributed by atoms with van der Waals surface area (Å²) in [5.74, 6) is 1.26. The van der Waals surface area contributed by atoms with Gasteiger partial charge in [-0.2, -0.15) is 11.3 Å². The van der Waals surface area contributed by atoms with Crippen molar-refractivity contribution >= 4 is 45.6 Å². The molecular formula is C15H14Cl2N2S. The van der Waals surface area contributed by atoms with Gasteiger partial charge in [-0.1, -0.05) is 17.7 Å². The van der Waals surface area contributed by atoms with E-state index in [4.69, 9.17) is 23.2 Å². The lowest BCUT2D eigenvalue weighted by Crippen LogP contribution is -2.11. The maximum Gasteiger partial charge on any atom is 0.125 e. The summed E-state index contributed by atoms with van der Waals surface area (Å²) in [7, 11) is 0. The third-order valence-corrected chi connectivity index (χ3v) is 4.68. The highest BCUT2D eigenvalue weighted by Gasteiger charge is 2.17. The Morgan fingerprint density at radius 1 is 1.35 bits per heavy atom. The molecule has 0 bridgehead atoms. The van der Waals surface area contributed by atoms with Crippen LogP contribution in [0.1, 0.15) is 24.4 Å². The van der Waals surface area contributed by atoms with Crippen LogP contribution in [0.25, 0.3) is 11.0 Å². The van der Waals surface area contributed by atoms with Crippen LogP contribution in [0.4, 0.5) is 0 Å². The average Bonchev–Trinajstić information content (AvgIpc) is 3.05. The molecule has 3 rings (SSSR count). The zero-order valence-electron chi connectivity index (χ0n) is 11.0. The van der Waals surface area contributed by atoms with Crippen LogP contribution in [0.15, 0.2) is 35.0 Å². The number of nitrogens with zero attached hydrogens (tertiary/aromatic N) is 2. The summed E-state index contributed by atoms with van der Waals surface area (Å²) in [5, 5.41) is 5.00. The largest absolute Gasteiger partial charge is 0.323 e. The van der Waals surface area contributed by atoms with E-state index in [1.165, 1.54) is 5.56 Å². The highest BCUT2D eigenvalue weighted by atomic mass is 35.5. The predicted molar refractivity (Wildman–Crippen MR) is 87.0 cm³/mol. The zero-order chi connectivity index (χ0) is 14.1. The Kier molecular flexibility index (Phi) is 4.01. The molecule has 0 saturated carbocycles. The maximum atomic E-state index is 6.36. The second-order valence-electron chi connectivity index (χ2n) is 4.82. The molecule has 3 aromatic rings. The van der Waals surface area contributed by atoms with Crippen LogP contribution < -0.4 is 0 Å². The fourth-order valence-electron chi connectivity index (χ4n) is 2.56. The van der Waals surface area contributed by atoms with Gasteiger partial charge in [0.25, 0.3) is 0 Å². The third-order valence-electron chi connectivity index (χ3n) is 3.41. The molecule has 0 fully saturated rings. The molecule has 0 radical (unpaired) electrons. The number of alkyl halides is 1. The average molecular weight is 325 g/mol.